The predicted molar refractivity (Wildman–Crippen MR) is 170 cm³/mol. The minimum Gasteiger partial charge on any atom is -0.415 e. The van der Waals surface area contributed by atoms with Crippen LogP contribution in [-0.4, -0.2) is 131 Å². The summed E-state index contributed by atoms with van der Waals surface area (Å²) >= 11 is 0. The second kappa shape index (κ2) is 23.0. The minimum absolute atomic E-state index is 0.768. The van der Waals surface area contributed by atoms with Crippen molar-refractivity contribution in [2.45, 2.75) is 72.5 Å². The standard InChI is InChI=1S/C24H48F12O6Si6/c25-1-13-43(14-2-26)37-44(15-3-27,16-4-28)39-46(19-7-31,20-8-32)41-48(23-11-35,24-12-36)42-47(21-9-33,22-10-34)40-45(38-43,17-5-29)18-6-30/h1-24H2. The summed E-state index contributed by atoms with van der Waals surface area (Å²) in [5.74, 6) is 0. The molecule has 0 bridgehead atoms. The molecule has 0 saturated carbocycles. The quantitative estimate of drug-likeness (QED) is 0.0721. The first-order valence-electron chi connectivity index (χ1n) is 15.9. The lowest BCUT2D eigenvalue weighted by Crippen LogP contribution is -2.71. The summed E-state index contributed by atoms with van der Waals surface area (Å²) in [6.45, 7) is -15.5. The van der Waals surface area contributed by atoms with Gasteiger partial charge in [0.15, 0.2) is 0 Å². The van der Waals surface area contributed by atoms with Crippen LogP contribution in [0.3, 0.4) is 0 Å². The van der Waals surface area contributed by atoms with Crippen molar-refractivity contribution in [3.63, 3.8) is 0 Å². The normalized spacial score (nSPS) is 21.8. The van der Waals surface area contributed by atoms with E-state index in [1.165, 1.54) is 0 Å². The molecule has 0 amide bonds. The molecular weight excluding hydrogens is 781 g/mol. The molecule has 48 heavy (non-hydrogen) atoms. The van der Waals surface area contributed by atoms with E-state index < -0.39 is 204 Å². The molecule has 1 rings (SSSR count). The molecule has 1 saturated heterocycles. The Hall–Kier alpha value is 0.221. The highest BCUT2D eigenvalue weighted by Gasteiger charge is 2.63. The fraction of sp³-hybridized carbons (Fsp3) is 1.00. The van der Waals surface area contributed by atoms with E-state index >= 15 is 0 Å². The third-order valence-corrected chi connectivity index (χ3v) is 37.2. The molecular formula is C24H48F12O6Si6. The van der Waals surface area contributed by atoms with Crippen molar-refractivity contribution in [3.05, 3.63) is 0 Å². The zero-order valence-electron chi connectivity index (χ0n) is 27.0. The highest BCUT2D eigenvalue weighted by atomic mass is 28.5. The van der Waals surface area contributed by atoms with E-state index in [0.717, 1.165) is 0 Å². The maximum atomic E-state index is 14.3. The molecule has 1 aliphatic heterocycles. The van der Waals surface area contributed by atoms with Gasteiger partial charge in [0.25, 0.3) is 0 Å². The van der Waals surface area contributed by atoms with Crippen LogP contribution >= 0.6 is 0 Å². The Morgan fingerprint density at radius 3 is 0.333 bits per heavy atom. The zero-order valence-corrected chi connectivity index (χ0v) is 33.0. The fourth-order valence-corrected chi connectivity index (χ4v) is 40.1. The monoisotopic (exact) mass is 828 g/mol. The van der Waals surface area contributed by atoms with Gasteiger partial charge in [0.05, 0.1) is 80.1 Å². The SMILES string of the molecule is FCC[Si]1(CCF)O[Si](CCF)(CCF)O[Si](CCF)(CCF)O[Si](CCF)(CCF)O[Si](CCF)(CCF)O[Si](CCF)(CCF)O1. The highest BCUT2D eigenvalue weighted by Crippen LogP contribution is 2.44. The lowest BCUT2D eigenvalue weighted by molar-refractivity contribution is 0.195. The first-order chi connectivity index (χ1) is 23.0. The number of hydrogen-bond acceptors (Lipinski definition) is 6. The van der Waals surface area contributed by atoms with Crippen LogP contribution in [0.2, 0.25) is 72.5 Å². The van der Waals surface area contributed by atoms with Crippen LogP contribution in [0, 0.1) is 0 Å². The number of alkyl halides is 12. The molecule has 288 valence electrons. The molecule has 0 unspecified atom stereocenters. The summed E-state index contributed by atoms with van der Waals surface area (Å²) < 4.78 is 210. The van der Waals surface area contributed by atoms with Gasteiger partial charge in [0.2, 0.25) is 0 Å². The van der Waals surface area contributed by atoms with E-state index in [1.807, 2.05) is 0 Å². The van der Waals surface area contributed by atoms with Gasteiger partial charge in [-0.15, -0.1) is 0 Å². The third-order valence-electron chi connectivity index (χ3n) is 7.94. The average Bonchev–Trinajstić information content (AvgIpc) is 2.98. The van der Waals surface area contributed by atoms with Crippen LogP contribution in [0.1, 0.15) is 0 Å². The topological polar surface area (TPSA) is 55.4 Å². The molecule has 0 aromatic carbocycles. The van der Waals surface area contributed by atoms with Gasteiger partial charge in [-0.25, -0.2) is 0 Å². The van der Waals surface area contributed by atoms with Crippen LogP contribution < -0.4 is 0 Å². The number of halogens is 12. The number of rotatable bonds is 24. The van der Waals surface area contributed by atoms with Crippen molar-refractivity contribution in [3.8, 4) is 0 Å². The second-order valence-electron chi connectivity index (χ2n) is 11.3. The fourth-order valence-electron chi connectivity index (χ4n) is 5.86. The summed E-state index contributed by atoms with van der Waals surface area (Å²) in [6, 6.07) is -9.21. The maximum absolute atomic E-state index is 14.3. The first-order valence-corrected chi connectivity index (χ1v) is 29.3. The average molecular weight is 829 g/mol. The van der Waals surface area contributed by atoms with E-state index in [9.17, 15) is 52.7 Å². The van der Waals surface area contributed by atoms with Crippen LogP contribution in [0.4, 0.5) is 52.7 Å². The molecule has 0 atom stereocenters. The Balaban J connectivity index is 4.47. The van der Waals surface area contributed by atoms with Gasteiger partial charge in [0, 0.05) is 72.5 Å². The van der Waals surface area contributed by atoms with Crippen LogP contribution in [0.5, 0.6) is 0 Å². The van der Waals surface area contributed by atoms with Crippen molar-refractivity contribution in [2.75, 3.05) is 80.1 Å². The van der Waals surface area contributed by atoms with E-state index in [0.29, 0.717) is 0 Å². The Morgan fingerprint density at radius 2 is 0.271 bits per heavy atom. The summed E-state index contributed by atoms with van der Waals surface area (Å²) in [7, 11) is -27.9. The Morgan fingerprint density at radius 1 is 0.188 bits per heavy atom. The summed E-state index contributed by atoms with van der Waals surface area (Å²) in [5.41, 5.74) is 0. The lowest BCUT2D eigenvalue weighted by Gasteiger charge is -2.52. The van der Waals surface area contributed by atoms with Crippen molar-refractivity contribution in [1.29, 1.82) is 0 Å². The van der Waals surface area contributed by atoms with Gasteiger partial charge in [-0.05, 0) is 0 Å². The largest absolute Gasteiger partial charge is 0.415 e. The van der Waals surface area contributed by atoms with E-state index in [2.05, 4.69) is 0 Å². The maximum Gasteiger partial charge on any atom is 0.325 e. The summed E-state index contributed by atoms with van der Waals surface area (Å²) in [4.78, 5) is 0. The summed E-state index contributed by atoms with van der Waals surface area (Å²) in [6.07, 6.45) is 0. The molecule has 0 spiro atoms. The molecule has 0 aliphatic carbocycles. The van der Waals surface area contributed by atoms with Gasteiger partial charge >= 0.3 is 51.4 Å². The van der Waals surface area contributed by atoms with Gasteiger partial charge in [-0.1, -0.05) is 0 Å². The molecule has 0 aromatic rings. The molecule has 1 heterocycles. The Labute approximate surface area is 281 Å². The van der Waals surface area contributed by atoms with E-state index in [-0.39, 0.29) is 0 Å². The number of hydrogen-bond donors (Lipinski definition) is 0. The predicted octanol–water partition coefficient (Wildman–Crippen LogP) is 8.39. The van der Waals surface area contributed by atoms with E-state index in [4.69, 9.17) is 24.7 Å². The molecule has 0 N–H and O–H groups in total. The van der Waals surface area contributed by atoms with Crippen molar-refractivity contribution in [2.24, 2.45) is 0 Å². The molecule has 24 heteroatoms. The first kappa shape index (κ1) is 46.2. The van der Waals surface area contributed by atoms with Crippen molar-refractivity contribution >= 4 is 51.4 Å². The van der Waals surface area contributed by atoms with Crippen molar-refractivity contribution in [1.82, 2.24) is 0 Å². The molecule has 0 radical (unpaired) electrons. The third kappa shape index (κ3) is 13.3. The lowest BCUT2D eigenvalue weighted by atomic mass is 10.9. The molecule has 0 aromatic heterocycles. The van der Waals surface area contributed by atoms with Crippen LogP contribution in [0.15, 0.2) is 0 Å². The van der Waals surface area contributed by atoms with E-state index in [1.54, 1.807) is 0 Å². The molecule has 1 aliphatic rings. The Bertz CT molecular complexity index is 639. The van der Waals surface area contributed by atoms with Gasteiger partial charge in [-0.2, -0.15) is 0 Å². The highest BCUT2D eigenvalue weighted by molar-refractivity contribution is 6.95. The second-order valence-corrected chi connectivity index (χ2v) is 33.2. The van der Waals surface area contributed by atoms with Gasteiger partial charge in [0.1, 0.15) is 0 Å². The smallest absolute Gasteiger partial charge is 0.325 e. The zero-order chi connectivity index (χ0) is 36.2. The van der Waals surface area contributed by atoms with Crippen LogP contribution in [-0.2, 0) is 24.7 Å². The van der Waals surface area contributed by atoms with Crippen molar-refractivity contribution < 1.29 is 77.4 Å². The summed E-state index contributed by atoms with van der Waals surface area (Å²) in [5, 5.41) is 0. The molecule has 1 fully saturated rings. The van der Waals surface area contributed by atoms with Gasteiger partial charge in [-0.3, -0.25) is 52.7 Å². The molecule has 6 nitrogen and oxygen atoms in total. The Kier molecular flexibility index (Phi) is 22.2. The minimum atomic E-state index is -4.65. The van der Waals surface area contributed by atoms with Crippen LogP contribution in [0.25, 0.3) is 0 Å². The van der Waals surface area contributed by atoms with Gasteiger partial charge < -0.3 is 24.7 Å².